The number of rotatable bonds is 3. The van der Waals surface area contributed by atoms with Crippen molar-refractivity contribution in [2.24, 2.45) is 0 Å². The van der Waals surface area contributed by atoms with Crippen molar-refractivity contribution in [2.45, 2.75) is 6.54 Å². The Morgan fingerprint density at radius 2 is 2.50 bits per heavy atom. The van der Waals surface area contributed by atoms with E-state index in [1.54, 1.807) is 6.20 Å². The molecule has 0 amide bonds. The van der Waals surface area contributed by atoms with E-state index in [1.165, 1.54) is 0 Å². The largest absolute Gasteiger partial charge is 0.264 e. The van der Waals surface area contributed by atoms with E-state index < -0.39 is 0 Å². The van der Waals surface area contributed by atoms with Crippen LogP contribution in [0.3, 0.4) is 0 Å². The van der Waals surface area contributed by atoms with Crippen LogP contribution in [0.25, 0.3) is 0 Å². The quantitative estimate of drug-likeness (QED) is 0.566. The lowest BCUT2D eigenvalue weighted by Crippen LogP contribution is -2.21. The fourth-order valence-electron chi connectivity index (χ4n) is 0.638. The predicted molar refractivity (Wildman–Crippen MR) is 43.1 cm³/mol. The molecule has 0 aliphatic carbocycles. The molecule has 1 heterocycles. The van der Waals surface area contributed by atoms with Gasteiger partial charge in [0.15, 0.2) is 0 Å². The number of hydrazine groups is 1. The molecule has 3 nitrogen and oxygen atoms in total. The number of nitrogens with zero attached hydrogens (tertiary/aromatic N) is 1. The van der Waals surface area contributed by atoms with Gasteiger partial charge in [0.05, 0.1) is 0 Å². The lowest BCUT2D eigenvalue weighted by molar-refractivity contribution is 0.693. The van der Waals surface area contributed by atoms with Crippen LogP contribution in [0.1, 0.15) is 5.56 Å². The second-order valence-electron chi connectivity index (χ2n) is 1.81. The third-order valence-electron chi connectivity index (χ3n) is 1.08. The number of aromatic nitrogens is 1. The van der Waals surface area contributed by atoms with Crippen LogP contribution >= 0.6 is 16.1 Å². The summed E-state index contributed by atoms with van der Waals surface area (Å²) < 4.78 is 2.65. The van der Waals surface area contributed by atoms with E-state index >= 15 is 0 Å². The highest BCUT2D eigenvalue weighted by Crippen LogP contribution is 1.92. The average Bonchev–Trinajstić information content (AvgIpc) is 2.03. The maximum atomic E-state index is 3.95. The minimum absolute atomic E-state index is 0.763. The van der Waals surface area contributed by atoms with Crippen LogP contribution in [0.5, 0.6) is 0 Å². The summed E-state index contributed by atoms with van der Waals surface area (Å²) in [5.74, 6) is 0. The van der Waals surface area contributed by atoms with Crippen LogP contribution in [0.2, 0.25) is 0 Å². The standard InChI is InChI=1S/C6H8BrN3/c7-10-9-5-6-2-1-3-8-4-6/h1-4,9-10H,5H2. The Bertz CT molecular complexity index is 178. The predicted octanol–water partition coefficient (Wildman–Crippen LogP) is 0.986. The Morgan fingerprint density at radius 1 is 1.60 bits per heavy atom. The molecule has 2 N–H and O–H groups in total. The van der Waals surface area contributed by atoms with Gasteiger partial charge in [0.25, 0.3) is 0 Å². The summed E-state index contributed by atoms with van der Waals surface area (Å²) in [6.45, 7) is 0.763. The second kappa shape index (κ2) is 4.38. The zero-order valence-corrected chi connectivity index (χ0v) is 6.93. The van der Waals surface area contributed by atoms with Crippen LogP contribution in [0.4, 0.5) is 0 Å². The van der Waals surface area contributed by atoms with Gasteiger partial charge in [0.1, 0.15) is 0 Å². The van der Waals surface area contributed by atoms with Gasteiger partial charge in [-0.3, -0.25) is 4.98 Å². The number of hydrogen-bond donors (Lipinski definition) is 2. The Kier molecular flexibility index (Phi) is 3.35. The zero-order valence-electron chi connectivity index (χ0n) is 5.34. The minimum atomic E-state index is 0.763. The van der Waals surface area contributed by atoms with E-state index in [9.17, 15) is 0 Å². The first kappa shape index (κ1) is 7.65. The zero-order chi connectivity index (χ0) is 7.23. The van der Waals surface area contributed by atoms with Crippen molar-refractivity contribution in [1.29, 1.82) is 0 Å². The average molecular weight is 202 g/mol. The molecular weight excluding hydrogens is 194 g/mol. The van der Waals surface area contributed by atoms with Gasteiger partial charge in [-0.15, -0.1) is 0 Å². The van der Waals surface area contributed by atoms with E-state index in [-0.39, 0.29) is 0 Å². The van der Waals surface area contributed by atoms with Gasteiger partial charge in [-0.05, 0) is 11.6 Å². The van der Waals surface area contributed by atoms with Crippen molar-refractivity contribution in [2.75, 3.05) is 0 Å². The SMILES string of the molecule is BrNNCc1cccnc1. The van der Waals surface area contributed by atoms with Gasteiger partial charge in [-0.2, -0.15) is 4.45 Å². The number of pyridine rings is 1. The van der Waals surface area contributed by atoms with E-state index in [2.05, 4.69) is 31.0 Å². The first-order valence-corrected chi connectivity index (χ1v) is 3.70. The second-order valence-corrected chi connectivity index (χ2v) is 2.21. The molecule has 0 unspecified atom stereocenters. The fourth-order valence-corrected chi connectivity index (χ4v) is 0.778. The molecule has 10 heavy (non-hydrogen) atoms. The topological polar surface area (TPSA) is 37.0 Å². The lowest BCUT2D eigenvalue weighted by Gasteiger charge is -1.98. The first-order chi connectivity index (χ1) is 4.93. The third kappa shape index (κ3) is 2.43. The summed E-state index contributed by atoms with van der Waals surface area (Å²) in [5.41, 5.74) is 4.04. The normalized spacial score (nSPS) is 9.70. The van der Waals surface area contributed by atoms with Crippen LogP contribution in [-0.2, 0) is 6.54 Å². The number of nitrogens with one attached hydrogen (secondary N) is 2. The molecule has 54 valence electrons. The van der Waals surface area contributed by atoms with Crippen LogP contribution < -0.4 is 9.88 Å². The highest BCUT2D eigenvalue weighted by atomic mass is 79.9. The van der Waals surface area contributed by atoms with Crippen LogP contribution in [0, 0.1) is 0 Å². The van der Waals surface area contributed by atoms with Gasteiger partial charge in [-0.1, -0.05) is 6.07 Å². The molecule has 0 atom stereocenters. The third-order valence-corrected chi connectivity index (χ3v) is 1.36. The molecule has 0 fully saturated rings. The van der Waals surface area contributed by atoms with Crippen molar-refractivity contribution in [3.8, 4) is 0 Å². The first-order valence-electron chi connectivity index (χ1n) is 2.91. The molecule has 0 spiro atoms. The maximum absolute atomic E-state index is 3.95. The Morgan fingerprint density at radius 3 is 3.10 bits per heavy atom. The van der Waals surface area contributed by atoms with Gasteiger partial charge >= 0.3 is 0 Å². The van der Waals surface area contributed by atoms with E-state index in [4.69, 9.17) is 0 Å². The Balaban J connectivity index is 2.43. The Labute approximate surface area is 68.2 Å². The lowest BCUT2D eigenvalue weighted by atomic mass is 10.3. The molecule has 0 saturated heterocycles. The summed E-state index contributed by atoms with van der Waals surface area (Å²) in [7, 11) is 0. The summed E-state index contributed by atoms with van der Waals surface area (Å²) in [5, 5.41) is 0. The van der Waals surface area contributed by atoms with E-state index in [1.807, 2.05) is 18.3 Å². The fraction of sp³-hybridized carbons (Fsp3) is 0.167. The molecule has 1 aromatic heterocycles. The summed E-state index contributed by atoms with van der Waals surface area (Å²) >= 11 is 3.03. The molecule has 1 rings (SSSR count). The van der Waals surface area contributed by atoms with Crippen molar-refractivity contribution in [1.82, 2.24) is 14.9 Å². The summed E-state index contributed by atoms with van der Waals surface area (Å²) in [6, 6.07) is 3.91. The minimum Gasteiger partial charge on any atom is -0.264 e. The molecule has 0 bridgehead atoms. The number of hydrogen-bond acceptors (Lipinski definition) is 3. The summed E-state index contributed by atoms with van der Waals surface area (Å²) in [6.07, 6.45) is 3.57. The molecule has 0 aliphatic rings. The molecular formula is C6H8BrN3. The molecule has 0 aromatic carbocycles. The summed E-state index contributed by atoms with van der Waals surface area (Å²) in [4.78, 5) is 3.95. The van der Waals surface area contributed by atoms with Crippen molar-refractivity contribution in [3.63, 3.8) is 0 Å². The highest BCUT2D eigenvalue weighted by Gasteiger charge is 1.87. The van der Waals surface area contributed by atoms with Crippen LogP contribution in [0.15, 0.2) is 24.5 Å². The van der Waals surface area contributed by atoms with Gasteiger partial charge in [0, 0.05) is 35.1 Å². The van der Waals surface area contributed by atoms with Gasteiger partial charge in [0.2, 0.25) is 0 Å². The molecule has 0 radical (unpaired) electrons. The molecule has 0 saturated carbocycles. The molecule has 4 heteroatoms. The van der Waals surface area contributed by atoms with Crippen molar-refractivity contribution >= 4 is 16.1 Å². The van der Waals surface area contributed by atoms with E-state index in [0.29, 0.717) is 0 Å². The van der Waals surface area contributed by atoms with Crippen molar-refractivity contribution in [3.05, 3.63) is 30.1 Å². The monoisotopic (exact) mass is 201 g/mol. The van der Waals surface area contributed by atoms with Gasteiger partial charge in [-0.25, -0.2) is 5.43 Å². The van der Waals surface area contributed by atoms with E-state index in [0.717, 1.165) is 12.1 Å². The smallest absolute Gasteiger partial charge is 0.0375 e. The molecule has 0 aliphatic heterocycles. The van der Waals surface area contributed by atoms with Crippen LogP contribution in [-0.4, -0.2) is 4.98 Å². The number of halogens is 1. The van der Waals surface area contributed by atoms with Gasteiger partial charge < -0.3 is 0 Å². The maximum Gasteiger partial charge on any atom is 0.0375 e. The molecule has 1 aromatic rings. The van der Waals surface area contributed by atoms with Crippen molar-refractivity contribution < 1.29 is 0 Å². The Hall–Kier alpha value is -0.450. The highest BCUT2D eigenvalue weighted by molar-refractivity contribution is 9.08.